The molecule has 1 fully saturated rings. The maximum absolute atomic E-state index is 11.5. The summed E-state index contributed by atoms with van der Waals surface area (Å²) in [5.41, 5.74) is 1.10. The van der Waals surface area contributed by atoms with Gasteiger partial charge in [-0.15, -0.1) is 0 Å². The number of rotatable bonds is 10. The molecule has 27 heavy (non-hydrogen) atoms. The number of amides is 1. The molecule has 1 atom stereocenters. The fourth-order valence-electron chi connectivity index (χ4n) is 3.18. The molecule has 2 N–H and O–H groups in total. The molecule has 0 bridgehead atoms. The van der Waals surface area contributed by atoms with Crippen LogP contribution in [0.1, 0.15) is 25.8 Å². The number of carbonyl (C=O) groups excluding carboxylic acids is 1. The van der Waals surface area contributed by atoms with Crippen molar-refractivity contribution in [1.29, 1.82) is 0 Å². The number of likely N-dealkylation sites (N-methyl/N-ethyl adjacent to an activating group) is 1. The summed E-state index contributed by atoms with van der Waals surface area (Å²) in [7, 11) is 1.61. The highest BCUT2D eigenvalue weighted by molar-refractivity contribution is 5.76. The molecule has 1 amide bonds. The summed E-state index contributed by atoms with van der Waals surface area (Å²) in [6.07, 6.45) is -0.0298. The Morgan fingerprint density at radius 3 is 2.74 bits per heavy atom. The van der Waals surface area contributed by atoms with Crippen LogP contribution in [0.2, 0.25) is 0 Å². The predicted octanol–water partition coefficient (Wildman–Crippen LogP) is 1.10. The minimum absolute atomic E-state index is 0.110. The standard InChI is InChI=1S/C20H33N3O4/c1-4-22(5-2)14-17(24)15-27-19-12-16(6-7-18(19)26-3)13-23-10-8-20(25)21-9-11-23/h6-7,12,17,24H,4-5,8-11,13-15H2,1-3H3,(H,21,25)/t17-/m0/s1. The van der Waals surface area contributed by atoms with Crippen molar-refractivity contribution in [2.45, 2.75) is 32.9 Å². The maximum atomic E-state index is 11.5. The van der Waals surface area contributed by atoms with Crippen molar-refractivity contribution in [3.8, 4) is 11.5 Å². The molecule has 2 rings (SSSR count). The van der Waals surface area contributed by atoms with Gasteiger partial charge in [-0.2, -0.15) is 0 Å². The Balaban J connectivity index is 1.96. The zero-order chi connectivity index (χ0) is 19.6. The minimum Gasteiger partial charge on any atom is -0.493 e. The Morgan fingerprint density at radius 2 is 2.04 bits per heavy atom. The lowest BCUT2D eigenvalue weighted by Gasteiger charge is -2.23. The average Bonchev–Trinajstić information content (AvgIpc) is 2.88. The van der Waals surface area contributed by atoms with Crippen molar-refractivity contribution in [2.75, 3.05) is 53.0 Å². The van der Waals surface area contributed by atoms with Crippen LogP contribution in [0, 0.1) is 0 Å². The molecule has 0 aliphatic carbocycles. The number of aliphatic hydroxyl groups is 1. The second kappa shape index (κ2) is 11.1. The van der Waals surface area contributed by atoms with Gasteiger partial charge in [-0.05, 0) is 30.8 Å². The zero-order valence-corrected chi connectivity index (χ0v) is 16.7. The molecule has 1 heterocycles. The van der Waals surface area contributed by atoms with E-state index in [-0.39, 0.29) is 12.5 Å². The van der Waals surface area contributed by atoms with E-state index in [1.54, 1.807) is 7.11 Å². The number of nitrogens with one attached hydrogen (secondary N) is 1. The molecule has 0 spiro atoms. The van der Waals surface area contributed by atoms with Crippen LogP contribution >= 0.6 is 0 Å². The largest absolute Gasteiger partial charge is 0.493 e. The van der Waals surface area contributed by atoms with E-state index in [9.17, 15) is 9.90 Å². The van der Waals surface area contributed by atoms with Crippen LogP contribution in [-0.2, 0) is 11.3 Å². The van der Waals surface area contributed by atoms with E-state index in [4.69, 9.17) is 9.47 Å². The second-order valence-electron chi connectivity index (χ2n) is 6.81. The number of benzene rings is 1. The van der Waals surface area contributed by atoms with Crippen molar-refractivity contribution in [3.63, 3.8) is 0 Å². The Morgan fingerprint density at radius 1 is 1.26 bits per heavy atom. The number of methoxy groups -OCH3 is 1. The van der Waals surface area contributed by atoms with E-state index in [0.29, 0.717) is 31.0 Å². The van der Waals surface area contributed by atoms with E-state index in [2.05, 4.69) is 29.0 Å². The smallest absolute Gasteiger partial charge is 0.221 e. The highest BCUT2D eigenvalue weighted by atomic mass is 16.5. The molecule has 1 aromatic rings. The van der Waals surface area contributed by atoms with Gasteiger partial charge in [0.05, 0.1) is 7.11 Å². The molecule has 7 heteroatoms. The Labute approximate surface area is 162 Å². The summed E-state index contributed by atoms with van der Waals surface area (Å²) < 4.78 is 11.3. The Bertz CT molecular complexity index is 593. The number of nitrogens with zero attached hydrogens (tertiary/aromatic N) is 2. The fourth-order valence-corrected chi connectivity index (χ4v) is 3.18. The molecular weight excluding hydrogens is 346 g/mol. The third-order valence-corrected chi connectivity index (χ3v) is 4.83. The van der Waals surface area contributed by atoms with E-state index < -0.39 is 6.10 Å². The summed E-state index contributed by atoms with van der Waals surface area (Å²) in [5.74, 6) is 1.40. The molecule has 7 nitrogen and oxygen atoms in total. The first-order valence-electron chi connectivity index (χ1n) is 9.74. The first-order valence-corrected chi connectivity index (χ1v) is 9.74. The third-order valence-electron chi connectivity index (χ3n) is 4.83. The summed E-state index contributed by atoms with van der Waals surface area (Å²) in [6, 6.07) is 5.87. The molecule has 1 saturated heterocycles. The van der Waals surface area contributed by atoms with Gasteiger partial charge >= 0.3 is 0 Å². The van der Waals surface area contributed by atoms with Crippen LogP contribution in [-0.4, -0.2) is 79.9 Å². The molecule has 0 saturated carbocycles. The molecule has 1 aromatic carbocycles. The molecule has 0 aromatic heterocycles. The number of ether oxygens (including phenoxy) is 2. The number of hydrogen-bond donors (Lipinski definition) is 2. The number of aliphatic hydroxyl groups excluding tert-OH is 1. The normalized spacial score (nSPS) is 16.7. The van der Waals surface area contributed by atoms with Gasteiger partial charge in [0.2, 0.25) is 5.91 Å². The minimum atomic E-state index is -0.555. The second-order valence-corrected chi connectivity index (χ2v) is 6.81. The molecule has 1 aliphatic heterocycles. The number of carbonyl (C=O) groups is 1. The highest BCUT2D eigenvalue weighted by Crippen LogP contribution is 2.29. The van der Waals surface area contributed by atoms with Crippen molar-refractivity contribution < 1.29 is 19.4 Å². The van der Waals surface area contributed by atoms with Gasteiger partial charge in [0.1, 0.15) is 12.7 Å². The zero-order valence-electron chi connectivity index (χ0n) is 16.7. The SMILES string of the molecule is CCN(CC)C[C@H](O)COc1cc(CN2CCNC(=O)CC2)ccc1OC. The van der Waals surface area contributed by atoms with Crippen LogP contribution in [0.15, 0.2) is 18.2 Å². The van der Waals surface area contributed by atoms with Crippen molar-refractivity contribution in [1.82, 2.24) is 15.1 Å². The first-order chi connectivity index (χ1) is 13.0. The van der Waals surface area contributed by atoms with Crippen molar-refractivity contribution in [2.24, 2.45) is 0 Å². The van der Waals surface area contributed by atoms with Crippen LogP contribution in [0.3, 0.4) is 0 Å². The monoisotopic (exact) mass is 379 g/mol. The molecule has 0 radical (unpaired) electrons. The van der Waals surface area contributed by atoms with Crippen LogP contribution < -0.4 is 14.8 Å². The van der Waals surface area contributed by atoms with Gasteiger partial charge in [-0.3, -0.25) is 9.69 Å². The summed E-state index contributed by atoms with van der Waals surface area (Å²) in [5, 5.41) is 13.1. The van der Waals surface area contributed by atoms with Crippen LogP contribution in [0.25, 0.3) is 0 Å². The molecule has 152 valence electrons. The van der Waals surface area contributed by atoms with E-state index in [1.165, 1.54) is 0 Å². The van der Waals surface area contributed by atoms with E-state index in [0.717, 1.165) is 38.3 Å². The highest BCUT2D eigenvalue weighted by Gasteiger charge is 2.16. The first kappa shape index (κ1) is 21.5. The van der Waals surface area contributed by atoms with E-state index in [1.807, 2.05) is 18.2 Å². The summed E-state index contributed by atoms with van der Waals surface area (Å²) in [6.45, 7) is 9.77. The van der Waals surface area contributed by atoms with Gasteiger partial charge in [0.25, 0.3) is 0 Å². The van der Waals surface area contributed by atoms with Gasteiger partial charge in [-0.1, -0.05) is 19.9 Å². The van der Waals surface area contributed by atoms with Gasteiger partial charge in [0, 0.05) is 39.1 Å². The quantitative estimate of drug-likeness (QED) is 0.634. The Kier molecular flexibility index (Phi) is 8.84. The van der Waals surface area contributed by atoms with Crippen LogP contribution in [0.4, 0.5) is 0 Å². The van der Waals surface area contributed by atoms with E-state index >= 15 is 0 Å². The topological polar surface area (TPSA) is 74.3 Å². The fraction of sp³-hybridized carbons (Fsp3) is 0.650. The molecule has 0 unspecified atom stereocenters. The Hall–Kier alpha value is -1.83. The molecular formula is C20H33N3O4. The third kappa shape index (κ3) is 7.01. The molecule has 1 aliphatic rings. The maximum Gasteiger partial charge on any atom is 0.221 e. The summed E-state index contributed by atoms with van der Waals surface area (Å²) >= 11 is 0. The van der Waals surface area contributed by atoms with Gasteiger partial charge < -0.3 is 24.8 Å². The van der Waals surface area contributed by atoms with Crippen molar-refractivity contribution >= 4 is 5.91 Å². The lowest BCUT2D eigenvalue weighted by Crippen LogP contribution is -2.35. The lowest BCUT2D eigenvalue weighted by atomic mass is 10.2. The van der Waals surface area contributed by atoms with Gasteiger partial charge in [-0.25, -0.2) is 0 Å². The summed E-state index contributed by atoms with van der Waals surface area (Å²) in [4.78, 5) is 15.9. The average molecular weight is 380 g/mol. The van der Waals surface area contributed by atoms with Crippen molar-refractivity contribution in [3.05, 3.63) is 23.8 Å². The van der Waals surface area contributed by atoms with Crippen LogP contribution in [0.5, 0.6) is 11.5 Å². The van der Waals surface area contributed by atoms with Gasteiger partial charge in [0.15, 0.2) is 11.5 Å². The predicted molar refractivity (Wildman–Crippen MR) is 105 cm³/mol. The number of hydrogen-bond acceptors (Lipinski definition) is 6. The lowest BCUT2D eigenvalue weighted by molar-refractivity contribution is -0.120.